The van der Waals surface area contributed by atoms with E-state index in [9.17, 15) is 8.96 Å². The van der Waals surface area contributed by atoms with Gasteiger partial charge in [0.2, 0.25) is 7.29 Å². The first-order chi connectivity index (χ1) is 14.1. The summed E-state index contributed by atoms with van der Waals surface area (Å²) in [6.45, 7) is 0. The predicted molar refractivity (Wildman–Crippen MR) is 115 cm³/mol. The van der Waals surface area contributed by atoms with Gasteiger partial charge in [0.1, 0.15) is 17.3 Å². The standard InChI is InChI=1S/C23H18FN2O2P/c24-21-13-11-18(12-14-21)15-25-26-29(27)16-22(19-7-3-1-4-8-19)28-23(17-29)20-9-5-2-6-10-20/h1-17H,(H,26,27)/b25-15+. The van der Waals surface area contributed by atoms with Crippen molar-refractivity contribution < 1.29 is 13.7 Å². The summed E-state index contributed by atoms with van der Waals surface area (Å²) in [6.07, 6.45) is 1.50. The molecule has 0 atom stereocenters. The predicted octanol–water partition coefficient (Wildman–Crippen LogP) is 6.05. The number of halogens is 1. The van der Waals surface area contributed by atoms with Crippen molar-refractivity contribution in [2.75, 3.05) is 0 Å². The van der Waals surface area contributed by atoms with E-state index in [0.29, 0.717) is 17.1 Å². The minimum atomic E-state index is -3.17. The van der Waals surface area contributed by atoms with Gasteiger partial charge in [-0.1, -0.05) is 72.8 Å². The third-order valence-electron chi connectivity index (χ3n) is 4.25. The molecule has 1 aliphatic heterocycles. The number of hydrazone groups is 1. The minimum Gasteiger partial charge on any atom is -0.456 e. The molecule has 0 spiro atoms. The van der Waals surface area contributed by atoms with Gasteiger partial charge in [0.25, 0.3) is 0 Å². The summed E-state index contributed by atoms with van der Waals surface area (Å²) in [4.78, 5) is 0. The third kappa shape index (κ3) is 4.71. The van der Waals surface area contributed by atoms with Gasteiger partial charge in [0, 0.05) is 22.8 Å². The van der Waals surface area contributed by atoms with Crippen molar-refractivity contribution in [2.24, 2.45) is 5.10 Å². The van der Waals surface area contributed by atoms with Crippen molar-refractivity contribution in [2.45, 2.75) is 0 Å². The van der Waals surface area contributed by atoms with Crippen molar-refractivity contribution in [1.29, 1.82) is 0 Å². The average molecular weight is 404 g/mol. The number of ether oxygens (including phenoxy) is 1. The summed E-state index contributed by atoms with van der Waals surface area (Å²) in [5.41, 5.74) is 2.33. The van der Waals surface area contributed by atoms with Crippen molar-refractivity contribution >= 4 is 25.0 Å². The highest BCUT2D eigenvalue weighted by Gasteiger charge is 2.26. The van der Waals surface area contributed by atoms with Crippen LogP contribution in [-0.4, -0.2) is 6.21 Å². The van der Waals surface area contributed by atoms with E-state index in [1.54, 1.807) is 23.8 Å². The Kier molecular flexibility index (Phi) is 5.41. The van der Waals surface area contributed by atoms with Crippen LogP contribution in [0.1, 0.15) is 16.7 Å². The first-order valence-electron chi connectivity index (χ1n) is 9.01. The van der Waals surface area contributed by atoms with Gasteiger partial charge < -0.3 is 4.74 Å². The Morgan fingerprint density at radius 1 is 0.793 bits per heavy atom. The molecule has 0 unspecified atom stereocenters. The van der Waals surface area contributed by atoms with Crippen molar-refractivity contribution in [1.82, 2.24) is 5.20 Å². The highest BCUT2D eigenvalue weighted by Crippen LogP contribution is 2.53. The Bertz CT molecular complexity index is 1070. The van der Waals surface area contributed by atoms with Crippen molar-refractivity contribution in [3.8, 4) is 0 Å². The number of nitrogens with one attached hydrogen (secondary N) is 1. The van der Waals surface area contributed by atoms with Crippen LogP contribution in [0.3, 0.4) is 0 Å². The monoisotopic (exact) mass is 404 g/mol. The van der Waals surface area contributed by atoms with Crippen LogP contribution in [0, 0.1) is 5.82 Å². The lowest BCUT2D eigenvalue weighted by molar-refractivity contribution is 0.468. The molecule has 29 heavy (non-hydrogen) atoms. The Hall–Kier alpha value is -3.43. The van der Waals surface area contributed by atoms with Crippen molar-refractivity contribution in [3.05, 3.63) is 119 Å². The second kappa shape index (κ2) is 8.29. The second-order valence-corrected chi connectivity index (χ2v) is 8.58. The van der Waals surface area contributed by atoms with Gasteiger partial charge in [-0.3, -0.25) is 9.76 Å². The zero-order chi connectivity index (χ0) is 20.1. The molecule has 0 amide bonds. The smallest absolute Gasteiger partial charge is 0.235 e. The van der Waals surface area contributed by atoms with Gasteiger partial charge in [-0.25, -0.2) is 4.39 Å². The van der Waals surface area contributed by atoms with Crippen LogP contribution in [0.25, 0.3) is 11.5 Å². The molecular weight excluding hydrogens is 386 g/mol. The van der Waals surface area contributed by atoms with Gasteiger partial charge >= 0.3 is 0 Å². The summed E-state index contributed by atoms with van der Waals surface area (Å²) in [6, 6.07) is 24.9. The number of rotatable bonds is 5. The van der Waals surface area contributed by atoms with E-state index in [0.717, 1.165) is 11.1 Å². The lowest BCUT2D eigenvalue weighted by atomic mass is 10.2. The zero-order valence-electron chi connectivity index (χ0n) is 15.4. The fraction of sp³-hybridized carbons (Fsp3) is 0. The molecule has 0 saturated carbocycles. The maximum Gasteiger partial charge on any atom is 0.235 e. The highest BCUT2D eigenvalue weighted by molar-refractivity contribution is 7.68. The minimum absolute atomic E-state index is 0.321. The third-order valence-corrected chi connectivity index (χ3v) is 5.92. The van der Waals surface area contributed by atoms with E-state index >= 15 is 0 Å². The van der Waals surface area contributed by atoms with Crippen LogP contribution in [-0.2, 0) is 9.30 Å². The Morgan fingerprint density at radius 3 is 1.83 bits per heavy atom. The fourth-order valence-corrected chi connectivity index (χ4v) is 4.36. The molecule has 6 heteroatoms. The van der Waals surface area contributed by atoms with Gasteiger partial charge in [-0.05, 0) is 17.7 Å². The molecule has 144 valence electrons. The normalized spacial score (nSPS) is 15.3. The molecule has 3 aromatic rings. The molecule has 1 N–H and O–H groups in total. The van der Waals surface area contributed by atoms with Gasteiger partial charge in [-0.2, -0.15) is 5.10 Å². The van der Waals surface area contributed by atoms with E-state index in [1.807, 2.05) is 60.7 Å². The maximum absolute atomic E-state index is 13.5. The van der Waals surface area contributed by atoms with Crippen LogP contribution in [0.2, 0.25) is 0 Å². The lowest BCUT2D eigenvalue weighted by Crippen LogP contribution is -2.06. The zero-order valence-corrected chi connectivity index (χ0v) is 16.3. The van der Waals surface area contributed by atoms with E-state index in [1.165, 1.54) is 18.3 Å². The van der Waals surface area contributed by atoms with Crippen LogP contribution in [0.5, 0.6) is 0 Å². The molecular formula is C23H18FN2O2P. The Morgan fingerprint density at radius 2 is 1.31 bits per heavy atom. The van der Waals surface area contributed by atoms with Crippen LogP contribution < -0.4 is 5.20 Å². The Balaban J connectivity index is 1.66. The number of benzene rings is 3. The first kappa shape index (κ1) is 18.9. The Labute approximate surface area is 168 Å². The van der Waals surface area contributed by atoms with Gasteiger partial charge in [0.05, 0.1) is 6.21 Å². The molecule has 1 heterocycles. The number of hydrogen-bond donors (Lipinski definition) is 1. The number of nitrogens with zero attached hydrogens (tertiary/aromatic N) is 1. The summed E-state index contributed by atoms with van der Waals surface area (Å²) < 4.78 is 32.6. The molecule has 4 rings (SSSR count). The SMILES string of the molecule is O=P1(N/N=C/c2ccc(F)cc2)C=C(c2ccccc2)OC(c2ccccc2)=C1. The lowest BCUT2D eigenvalue weighted by Gasteiger charge is -2.22. The second-order valence-electron chi connectivity index (χ2n) is 6.44. The fourth-order valence-electron chi connectivity index (χ4n) is 2.83. The molecule has 3 aromatic carbocycles. The summed E-state index contributed by atoms with van der Waals surface area (Å²) in [7, 11) is -3.17. The summed E-state index contributed by atoms with van der Waals surface area (Å²) >= 11 is 0. The van der Waals surface area contributed by atoms with Gasteiger partial charge in [-0.15, -0.1) is 0 Å². The molecule has 0 fully saturated rings. The van der Waals surface area contributed by atoms with E-state index < -0.39 is 7.29 Å². The molecule has 0 bridgehead atoms. The molecule has 1 aliphatic rings. The maximum atomic E-state index is 13.5. The molecule has 0 aromatic heterocycles. The van der Waals surface area contributed by atoms with E-state index in [2.05, 4.69) is 10.3 Å². The highest BCUT2D eigenvalue weighted by atomic mass is 31.2. The quantitative estimate of drug-likeness (QED) is 0.320. The topological polar surface area (TPSA) is 50.7 Å². The first-order valence-corrected chi connectivity index (χ1v) is 10.9. The molecule has 0 saturated heterocycles. The van der Waals surface area contributed by atoms with Crippen LogP contribution >= 0.6 is 7.29 Å². The summed E-state index contributed by atoms with van der Waals surface area (Å²) in [5, 5.41) is 6.88. The van der Waals surface area contributed by atoms with Crippen LogP contribution in [0.15, 0.2) is 102 Å². The summed E-state index contributed by atoms with van der Waals surface area (Å²) in [5.74, 6) is 3.81. The van der Waals surface area contributed by atoms with Gasteiger partial charge in [0.15, 0.2) is 0 Å². The molecule has 0 radical (unpaired) electrons. The average Bonchev–Trinajstić information content (AvgIpc) is 2.76. The molecule has 0 aliphatic carbocycles. The van der Waals surface area contributed by atoms with E-state index in [-0.39, 0.29) is 5.82 Å². The van der Waals surface area contributed by atoms with Crippen LogP contribution in [0.4, 0.5) is 4.39 Å². The van der Waals surface area contributed by atoms with Crippen molar-refractivity contribution in [3.63, 3.8) is 0 Å². The van der Waals surface area contributed by atoms with E-state index in [4.69, 9.17) is 4.74 Å². The molecule has 4 nitrogen and oxygen atoms in total. The largest absolute Gasteiger partial charge is 0.456 e. The number of hydrogen-bond acceptors (Lipinski definition) is 3.